The van der Waals surface area contributed by atoms with Crippen LogP contribution in [0.1, 0.15) is 56.9 Å². The molecule has 0 unspecified atom stereocenters. The quantitative estimate of drug-likeness (QED) is 0.148. The molecule has 3 heterocycles. The molecule has 0 N–H and O–H groups in total. The monoisotopic (exact) mass is 1020 g/mol. The molecule has 11 aromatic carbocycles. The summed E-state index contributed by atoms with van der Waals surface area (Å²) < 4.78 is 6.72. The second kappa shape index (κ2) is 17.6. The van der Waals surface area contributed by atoms with Gasteiger partial charge >= 0.3 is 0 Å². The molecule has 0 amide bonds. The van der Waals surface area contributed by atoms with Crippen LogP contribution in [-0.2, 0) is 10.8 Å². The smallest absolute Gasteiger partial charge is 0.252 e. The van der Waals surface area contributed by atoms with Crippen molar-refractivity contribution in [2.75, 3.05) is 14.7 Å². The van der Waals surface area contributed by atoms with Gasteiger partial charge in [0, 0.05) is 73.4 Å². The number of fused-ring (bicyclic) bond motifs is 10. The Hall–Kier alpha value is -9.32. The van der Waals surface area contributed by atoms with Gasteiger partial charge in [0.15, 0.2) is 0 Å². The number of benzene rings is 11. The van der Waals surface area contributed by atoms with Crippen molar-refractivity contribution in [3.63, 3.8) is 0 Å². The first-order chi connectivity index (χ1) is 38.5. The number of anilines is 9. The summed E-state index contributed by atoms with van der Waals surface area (Å²) in [6.07, 6.45) is 0. The summed E-state index contributed by atoms with van der Waals surface area (Å²) in [5.74, 6) is 0. The van der Waals surface area contributed by atoms with E-state index in [9.17, 15) is 0 Å². The van der Waals surface area contributed by atoms with E-state index in [4.69, 9.17) is 4.42 Å². The molecule has 79 heavy (non-hydrogen) atoms. The second-order valence-corrected chi connectivity index (χ2v) is 23.4. The SMILES string of the molecule is Cc1cc2c3c(c1)N(c1ccc4c(c1)C(C)(C)c1ccccc1-4)c1cc(C(C)(C)C)ccc1B3c1ccc(N(c3ccc(-c4ccccc4)cc3)c3ccc(-c4ccccc4)cc3)cc1N2c1ccc2c(c1)oc1ccccc12. The first-order valence-electron chi connectivity index (χ1n) is 27.8. The van der Waals surface area contributed by atoms with Crippen molar-refractivity contribution in [3.8, 4) is 33.4 Å². The Kier molecular flexibility index (Phi) is 10.5. The third-order valence-electron chi connectivity index (χ3n) is 17.2. The number of hydrogen-bond acceptors (Lipinski definition) is 4. The predicted molar refractivity (Wildman–Crippen MR) is 334 cm³/mol. The summed E-state index contributed by atoms with van der Waals surface area (Å²) >= 11 is 0. The highest BCUT2D eigenvalue weighted by Gasteiger charge is 2.45. The molecule has 5 heteroatoms. The second-order valence-electron chi connectivity index (χ2n) is 23.4. The average Bonchev–Trinajstić information content (AvgIpc) is 3.91. The Labute approximate surface area is 463 Å². The molecule has 2 aliphatic heterocycles. The molecule has 3 aliphatic rings. The lowest BCUT2D eigenvalue weighted by molar-refractivity contribution is 0.590. The van der Waals surface area contributed by atoms with Gasteiger partial charge in [0.25, 0.3) is 6.71 Å². The molecule has 15 rings (SSSR count). The van der Waals surface area contributed by atoms with Crippen LogP contribution in [0.3, 0.4) is 0 Å². The maximum absolute atomic E-state index is 6.72. The molecule has 1 aliphatic carbocycles. The lowest BCUT2D eigenvalue weighted by atomic mass is 9.33. The van der Waals surface area contributed by atoms with E-state index in [1.807, 2.05) is 0 Å². The Balaban J connectivity index is 0.970. The van der Waals surface area contributed by atoms with Crippen LogP contribution in [0.2, 0.25) is 0 Å². The minimum atomic E-state index is -0.160. The molecule has 378 valence electrons. The molecule has 0 saturated carbocycles. The van der Waals surface area contributed by atoms with Gasteiger partial charge in [-0.2, -0.15) is 0 Å². The Morgan fingerprint density at radius 1 is 0.418 bits per heavy atom. The number of para-hydroxylation sites is 1. The van der Waals surface area contributed by atoms with Crippen molar-refractivity contribution in [2.45, 2.75) is 52.4 Å². The molecule has 0 saturated heterocycles. The van der Waals surface area contributed by atoms with Gasteiger partial charge < -0.3 is 19.1 Å². The zero-order valence-corrected chi connectivity index (χ0v) is 45.4. The van der Waals surface area contributed by atoms with Gasteiger partial charge in [-0.1, -0.05) is 186 Å². The lowest BCUT2D eigenvalue weighted by Crippen LogP contribution is -2.61. The summed E-state index contributed by atoms with van der Waals surface area (Å²) in [5, 5.41) is 2.23. The van der Waals surface area contributed by atoms with Crippen LogP contribution < -0.4 is 31.1 Å². The molecular weight excluding hydrogens is 958 g/mol. The van der Waals surface area contributed by atoms with E-state index in [1.165, 1.54) is 89.1 Å². The van der Waals surface area contributed by atoms with Gasteiger partial charge in [-0.3, -0.25) is 0 Å². The highest BCUT2D eigenvalue weighted by molar-refractivity contribution is 7.00. The summed E-state index contributed by atoms with van der Waals surface area (Å²) in [6.45, 7) is 14.0. The van der Waals surface area contributed by atoms with E-state index < -0.39 is 0 Å². The van der Waals surface area contributed by atoms with E-state index in [0.29, 0.717) is 0 Å². The van der Waals surface area contributed by atoms with Crippen molar-refractivity contribution in [1.29, 1.82) is 0 Å². The van der Waals surface area contributed by atoms with E-state index >= 15 is 0 Å². The number of aryl methyl sites for hydroxylation is 1. The molecule has 0 radical (unpaired) electrons. The van der Waals surface area contributed by atoms with Crippen molar-refractivity contribution in [1.82, 2.24) is 0 Å². The fourth-order valence-corrected chi connectivity index (χ4v) is 13.3. The zero-order chi connectivity index (χ0) is 53.3. The van der Waals surface area contributed by atoms with Crippen molar-refractivity contribution in [3.05, 3.63) is 265 Å². The summed E-state index contributed by atoms with van der Waals surface area (Å²) in [6, 6.07) is 90.1. The first kappa shape index (κ1) is 46.9. The first-order valence-corrected chi connectivity index (χ1v) is 27.8. The van der Waals surface area contributed by atoms with Gasteiger partial charge in [0.1, 0.15) is 11.2 Å². The number of furan rings is 1. The van der Waals surface area contributed by atoms with Crippen LogP contribution in [0.4, 0.5) is 51.2 Å². The molecular formula is C74H58BN3O. The van der Waals surface area contributed by atoms with Crippen molar-refractivity contribution in [2.24, 2.45) is 0 Å². The van der Waals surface area contributed by atoms with Gasteiger partial charge in [-0.05, 0) is 169 Å². The van der Waals surface area contributed by atoms with Crippen LogP contribution in [0.15, 0.2) is 247 Å². The van der Waals surface area contributed by atoms with Crippen LogP contribution in [0.5, 0.6) is 0 Å². The minimum absolute atomic E-state index is 0.0695. The van der Waals surface area contributed by atoms with E-state index in [2.05, 4.69) is 299 Å². The highest BCUT2D eigenvalue weighted by Crippen LogP contribution is 2.53. The predicted octanol–water partition coefficient (Wildman–Crippen LogP) is 18.4. The van der Waals surface area contributed by atoms with E-state index in [-0.39, 0.29) is 17.5 Å². The maximum Gasteiger partial charge on any atom is 0.252 e. The van der Waals surface area contributed by atoms with Crippen LogP contribution in [0.25, 0.3) is 55.3 Å². The normalized spacial score (nSPS) is 13.7. The molecule has 4 nitrogen and oxygen atoms in total. The van der Waals surface area contributed by atoms with Crippen molar-refractivity contribution >= 4 is 96.2 Å². The number of nitrogens with zero attached hydrogens (tertiary/aromatic N) is 3. The standard InChI is InChI=1S/C74H58BN3O/c1-47-41-68-72-69(42-47)78(57-35-38-61-60-22-14-16-24-70(60)79-71(61)46-57)67-45-56(76(53-30-25-50(26-31-53)48-17-9-7-10-18-48)54-32-27-51(28-33-54)49-19-11-8-12-20-49)36-40-65(67)75(72)64-39-29-52(73(2,3)4)43-66(64)77(68)55-34-37-59-58-21-13-15-23-62(58)74(5,6)63(59)44-55/h7-46H,1-6H3. The highest BCUT2D eigenvalue weighted by atomic mass is 16.3. The molecule has 12 aromatic rings. The van der Waals surface area contributed by atoms with Gasteiger partial charge in [-0.15, -0.1) is 0 Å². The van der Waals surface area contributed by atoms with Crippen LogP contribution in [0, 0.1) is 6.92 Å². The fourth-order valence-electron chi connectivity index (χ4n) is 13.3. The Morgan fingerprint density at radius 3 is 1.59 bits per heavy atom. The number of rotatable bonds is 7. The summed E-state index contributed by atoms with van der Waals surface area (Å²) in [5.41, 5.74) is 28.1. The lowest BCUT2D eigenvalue weighted by Gasteiger charge is -2.45. The molecule has 0 atom stereocenters. The molecule has 0 bridgehead atoms. The van der Waals surface area contributed by atoms with E-state index in [1.54, 1.807) is 0 Å². The third kappa shape index (κ3) is 7.43. The topological polar surface area (TPSA) is 22.9 Å². The van der Waals surface area contributed by atoms with Crippen LogP contribution >= 0.6 is 0 Å². The summed E-state index contributed by atoms with van der Waals surface area (Å²) in [7, 11) is 0. The average molecular weight is 1020 g/mol. The number of hydrogen-bond donors (Lipinski definition) is 0. The Morgan fingerprint density at radius 2 is 0.937 bits per heavy atom. The minimum Gasteiger partial charge on any atom is -0.456 e. The van der Waals surface area contributed by atoms with Gasteiger partial charge in [-0.25, -0.2) is 0 Å². The van der Waals surface area contributed by atoms with Gasteiger partial charge in [0.2, 0.25) is 0 Å². The van der Waals surface area contributed by atoms with Crippen molar-refractivity contribution < 1.29 is 4.42 Å². The van der Waals surface area contributed by atoms with E-state index in [0.717, 1.165) is 56.1 Å². The third-order valence-corrected chi connectivity index (χ3v) is 17.2. The molecule has 0 fully saturated rings. The zero-order valence-electron chi connectivity index (χ0n) is 45.4. The van der Waals surface area contributed by atoms with Gasteiger partial charge in [0.05, 0.1) is 0 Å². The van der Waals surface area contributed by atoms with Crippen LogP contribution in [-0.4, -0.2) is 6.71 Å². The largest absolute Gasteiger partial charge is 0.456 e. The summed E-state index contributed by atoms with van der Waals surface area (Å²) in [4.78, 5) is 7.53. The molecule has 1 aromatic heterocycles. The molecule has 0 spiro atoms. The fraction of sp³-hybridized carbons (Fsp3) is 0.108. The maximum atomic E-state index is 6.72. The Bertz CT molecular complexity index is 4320.